The Morgan fingerprint density at radius 3 is 2.28 bits per heavy atom. The van der Waals surface area contributed by atoms with Crippen LogP contribution in [-0.2, 0) is 16.0 Å². The smallest absolute Gasteiger partial charge is 0.426 e. The summed E-state index contributed by atoms with van der Waals surface area (Å²) >= 11 is 0. The van der Waals surface area contributed by atoms with Gasteiger partial charge in [-0.15, -0.1) is 0 Å². The van der Waals surface area contributed by atoms with Gasteiger partial charge in [-0.1, -0.05) is 39.3 Å². The Balaban J connectivity index is 2.06. The molecule has 9 heteroatoms. The fourth-order valence-corrected chi connectivity index (χ4v) is 3.39. The van der Waals surface area contributed by atoms with Gasteiger partial charge >= 0.3 is 7.12 Å². The van der Waals surface area contributed by atoms with Gasteiger partial charge in [0.25, 0.3) is 5.91 Å². The third-order valence-corrected chi connectivity index (χ3v) is 5.50. The minimum atomic E-state index is -1.73. The highest BCUT2D eigenvalue weighted by atomic mass is 16.4. The molecule has 1 aliphatic rings. The third-order valence-electron chi connectivity index (χ3n) is 5.50. The normalized spacial score (nSPS) is 15.1. The van der Waals surface area contributed by atoms with Crippen LogP contribution in [0.4, 0.5) is 0 Å². The van der Waals surface area contributed by atoms with Crippen molar-refractivity contribution in [2.24, 2.45) is 11.8 Å². The van der Waals surface area contributed by atoms with E-state index >= 15 is 0 Å². The summed E-state index contributed by atoms with van der Waals surface area (Å²) in [6.45, 7) is 5.86. The van der Waals surface area contributed by atoms with Gasteiger partial charge in [-0.25, -0.2) is 0 Å². The molecule has 1 fully saturated rings. The second-order valence-electron chi connectivity index (χ2n) is 9.00. The van der Waals surface area contributed by atoms with Crippen molar-refractivity contribution in [1.29, 1.82) is 0 Å². The molecule has 1 aromatic rings. The first-order valence-electron chi connectivity index (χ1n) is 11.5. The molecule has 1 aliphatic carbocycles. The molecule has 0 bridgehead atoms. The van der Waals surface area contributed by atoms with Crippen molar-refractivity contribution < 1.29 is 24.4 Å². The predicted molar refractivity (Wildman–Crippen MR) is 124 cm³/mol. The lowest BCUT2D eigenvalue weighted by molar-refractivity contribution is -0.124. The Kier molecular flexibility index (Phi) is 10.2. The Labute approximate surface area is 190 Å². The summed E-state index contributed by atoms with van der Waals surface area (Å²) in [5, 5.41) is 27.2. The first kappa shape index (κ1) is 25.9. The fraction of sp³-hybridized carbons (Fsp3) is 0.609. The Hall–Kier alpha value is -2.39. The van der Waals surface area contributed by atoms with Crippen LogP contribution in [0.25, 0.3) is 0 Å². The largest absolute Gasteiger partial charge is 0.475 e. The summed E-state index contributed by atoms with van der Waals surface area (Å²) in [5.41, 5.74) is 1.56. The SMILES string of the molecule is CCCCc1ccc(C(=O)N[C@@H](CNC(=O)C2CC2)C(=O)N[C@@H](CC(C)C)B(O)O)cc1. The van der Waals surface area contributed by atoms with E-state index in [-0.39, 0.29) is 24.3 Å². The quantitative estimate of drug-likeness (QED) is 0.292. The first-order chi connectivity index (χ1) is 15.2. The maximum Gasteiger partial charge on any atom is 0.475 e. The van der Waals surface area contributed by atoms with Crippen molar-refractivity contribution in [1.82, 2.24) is 16.0 Å². The van der Waals surface area contributed by atoms with Crippen LogP contribution in [0, 0.1) is 11.8 Å². The number of aryl methyl sites for hydroxylation is 1. The van der Waals surface area contributed by atoms with Crippen molar-refractivity contribution in [2.75, 3.05) is 6.54 Å². The van der Waals surface area contributed by atoms with Crippen LogP contribution < -0.4 is 16.0 Å². The van der Waals surface area contributed by atoms with Crippen LogP contribution in [0.1, 0.15) is 68.8 Å². The summed E-state index contributed by atoms with van der Waals surface area (Å²) < 4.78 is 0. The molecule has 2 atom stereocenters. The Morgan fingerprint density at radius 1 is 1.09 bits per heavy atom. The van der Waals surface area contributed by atoms with Crippen LogP contribution >= 0.6 is 0 Å². The molecule has 0 unspecified atom stereocenters. The van der Waals surface area contributed by atoms with Crippen molar-refractivity contribution in [3.8, 4) is 0 Å². The van der Waals surface area contributed by atoms with Gasteiger partial charge in [0, 0.05) is 18.0 Å². The highest BCUT2D eigenvalue weighted by Gasteiger charge is 2.33. The second kappa shape index (κ2) is 12.6. The number of hydrogen-bond acceptors (Lipinski definition) is 5. The van der Waals surface area contributed by atoms with Gasteiger partial charge in [-0.3, -0.25) is 14.4 Å². The van der Waals surface area contributed by atoms with E-state index in [1.807, 2.05) is 26.0 Å². The number of carbonyl (C=O) groups excluding carboxylic acids is 3. The molecule has 1 saturated carbocycles. The van der Waals surface area contributed by atoms with Gasteiger partial charge in [0.05, 0.1) is 5.94 Å². The van der Waals surface area contributed by atoms with Crippen LogP contribution in [0.2, 0.25) is 0 Å². The van der Waals surface area contributed by atoms with Gasteiger partial charge in [-0.05, 0) is 55.7 Å². The van der Waals surface area contributed by atoms with E-state index in [2.05, 4.69) is 22.9 Å². The number of carbonyl (C=O) groups is 3. The maximum absolute atomic E-state index is 12.9. The molecule has 5 N–H and O–H groups in total. The zero-order chi connectivity index (χ0) is 23.7. The molecule has 8 nitrogen and oxygen atoms in total. The molecule has 0 aromatic heterocycles. The molecule has 0 radical (unpaired) electrons. The van der Waals surface area contributed by atoms with E-state index in [1.54, 1.807) is 12.1 Å². The van der Waals surface area contributed by atoms with Crippen LogP contribution in [0.5, 0.6) is 0 Å². The number of nitrogens with one attached hydrogen (secondary N) is 3. The van der Waals surface area contributed by atoms with Crippen LogP contribution in [-0.4, -0.2) is 53.4 Å². The number of unbranched alkanes of at least 4 members (excludes halogenated alkanes) is 1. The van der Waals surface area contributed by atoms with Gasteiger partial charge in [0.1, 0.15) is 6.04 Å². The van der Waals surface area contributed by atoms with E-state index in [4.69, 9.17) is 0 Å². The fourth-order valence-electron chi connectivity index (χ4n) is 3.39. The zero-order valence-electron chi connectivity index (χ0n) is 19.3. The summed E-state index contributed by atoms with van der Waals surface area (Å²) in [5.74, 6) is -1.93. The number of benzene rings is 1. The summed E-state index contributed by atoms with van der Waals surface area (Å²) in [6, 6.07) is 6.19. The van der Waals surface area contributed by atoms with E-state index in [0.717, 1.165) is 37.7 Å². The summed E-state index contributed by atoms with van der Waals surface area (Å²) in [4.78, 5) is 37.7. The summed E-state index contributed by atoms with van der Waals surface area (Å²) in [6.07, 6.45) is 5.11. The van der Waals surface area contributed by atoms with E-state index < -0.39 is 30.9 Å². The molecular weight excluding hydrogens is 409 g/mol. The molecule has 0 heterocycles. The lowest BCUT2D eigenvalue weighted by Gasteiger charge is -2.24. The average Bonchev–Trinajstić information content (AvgIpc) is 3.59. The van der Waals surface area contributed by atoms with Crippen molar-refractivity contribution in [2.45, 2.75) is 71.3 Å². The average molecular weight is 445 g/mol. The van der Waals surface area contributed by atoms with Gasteiger partial charge in [-0.2, -0.15) is 0 Å². The molecule has 32 heavy (non-hydrogen) atoms. The van der Waals surface area contributed by atoms with Crippen LogP contribution in [0.15, 0.2) is 24.3 Å². The molecule has 0 spiro atoms. The minimum Gasteiger partial charge on any atom is -0.426 e. The predicted octanol–water partition coefficient (Wildman–Crippen LogP) is 1.20. The maximum atomic E-state index is 12.9. The van der Waals surface area contributed by atoms with Crippen molar-refractivity contribution >= 4 is 24.8 Å². The Morgan fingerprint density at radius 2 is 1.75 bits per heavy atom. The third kappa shape index (κ3) is 8.63. The van der Waals surface area contributed by atoms with Gasteiger partial charge in [0.2, 0.25) is 11.8 Å². The highest BCUT2D eigenvalue weighted by molar-refractivity contribution is 6.43. The number of amides is 3. The Bertz CT molecular complexity index is 765. The zero-order valence-corrected chi connectivity index (χ0v) is 19.3. The minimum absolute atomic E-state index is 0.0296. The monoisotopic (exact) mass is 445 g/mol. The molecule has 0 aliphatic heterocycles. The second-order valence-corrected chi connectivity index (χ2v) is 9.00. The molecule has 1 aromatic carbocycles. The lowest BCUT2D eigenvalue weighted by Crippen LogP contribution is -2.57. The molecule has 0 saturated heterocycles. The van der Waals surface area contributed by atoms with E-state index in [1.165, 1.54) is 0 Å². The molecular formula is C23H36BN3O5. The molecule has 3 amide bonds. The first-order valence-corrected chi connectivity index (χ1v) is 11.5. The molecule has 176 valence electrons. The number of hydrogen-bond donors (Lipinski definition) is 5. The lowest BCUT2D eigenvalue weighted by atomic mass is 9.75. The number of rotatable bonds is 13. The van der Waals surface area contributed by atoms with Gasteiger partial charge in [0.15, 0.2) is 0 Å². The highest BCUT2D eigenvalue weighted by Crippen LogP contribution is 2.28. The van der Waals surface area contributed by atoms with Crippen LogP contribution in [0.3, 0.4) is 0 Å². The summed E-state index contributed by atoms with van der Waals surface area (Å²) in [7, 11) is -1.73. The topological polar surface area (TPSA) is 128 Å². The van der Waals surface area contributed by atoms with Crippen molar-refractivity contribution in [3.05, 3.63) is 35.4 Å². The standard InChI is InChI=1S/C23H36BN3O5/c1-4-5-6-16-7-9-18(10-8-16)22(29)26-19(14-25-21(28)17-11-12-17)23(30)27-20(24(31)32)13-15(2)3/h7-10,15,17,19-20,31-32H,4-6,11-14H2,1-3H3,(H,25,28)(H,26,29)(H,27,30)/t19-,20-/m0/s1. The van der Waals surface area contributed by atoms with E-state index in [9.17, 15) is 24.4 Å². The van der Waals surface area contributed by atoms with E-state index in [0.29, 0.717) is 12.0 Å². The molecule has 2 rings (SSSR count). The van der Waals surface area contributed by atoms with Gasteiger partial charge < -0.3 is 26.0 Å². The van der Waals surface area contributed by atoms with Crippen molar-refractivity contribution in [3.63, 3.8) is 0 Å².